The molecule has 1 aliphatic heterocycles. The van der Waals surface area contributed by atoms with Gasteiger partial charge in [0.15, 0.2) is 0 Å². The van der Waals surface area contributed by atoms with Gasteiger partial charge in [-0.3, -0.25) is 9.59 Å². The van der Waals surface area contributed by atoms with Crippen LogP contribution in [-0.2, 0) is 11.2 Å². The van der Waals surface area contributed by atoms with Gasteiger partial charge in [0.05, 0.1) is 5.01 Å². The van der Waals surface area contributed by atoms with E-state index in [4.69, 9.17) is 5.73 Å². The molecule has 2 heterocycles. The molecule has 2 rings (SSSR count). The average molecular weight is 282 g/mol. The van der Waals surface area contributed by atoms with Gasteiger partial charge in [-0.2, -0.15) is 0 Å². The molecule has 0 saturated carbocycles. The smallest absolute Gasteiger partial charge is 0.274 e. The summed E-state index contributed by atoms with van der Waals surface area (Å²) >= 11 is 1.44. The number of thiazole rings is 1. The summed E-state index contributed by atoms with van der Waals surface area (Å²) in [4.78, 5) is 30.0. The summed E-state index contributed by atoms with van der Waals surface area (Å²) in [6, 6.07) is -0.364. The minimum absolute atomic E-state index is 0.108. The molecule has 1 unspecified atom stereocenters. The Balaban J connectivity index is 2.11. The molecule has 104 valence electrons. The maximum Gasteiger partial charge on any atom is 0.274 e. The minimum atomic E-state index is -0.364. The molecule has 0 spiro atoms. The Labute approximate surface area is 116 Å². The van der Waals surface area contributed by atoms with Gasteiger partial charge < -0.3 is 16.0 Å². The van der Waals surface area contributed by atoms with Crippen molar-refractivity contribution in [2.75, 3.05) is 20.1 Å². The molecule has 7 heteroatoms. The third-order valence-corrected chi connectivity index (χ3v) is 4.10. The van der Waals surface area contributed by atoms with Crippen molar-refractivity contribution in [1.82, 2.24) is 15.2 Å². The Kier molecular flexibility index (Phi) is 4.49. The van der Waals surface area contributed by atoms with Gasteiger partial charge in [-0.25, -0.2) is 4.98 Å². The molecule has 1 saturated heterocycles. The molecule has 19 heavy (non-hydrogen) atoms. The predicted molar refractivity (Wildman–Crippen MR) is 73.0 cm³/mol. The summed E-state index contributed by atoms with van der Waals surface area (Å²) in [5.74, 6) is -0.270. The molecule has 2 amide bonds. The van der Waals surface area contributed by atoms with E-state index in [1.807, 2.05) is 0 Å². The molecule has 0 aromatic carbocycles. The molecule has 0 radical (unpaired) electrons. The van der Waals surface area contributed by atoms with Crippen LogP contribution in [0.1, 0.15) is 28.3 Å². The number of likely N-dealkylation sites (tertiary alicyclic amines) is 1. The molecule has 0 bridgehead atoms. The minimum Gasteiger partial charge on any atom is -0.357 e. The van der Waals surface area contributed by atoms with Gasteiger partial charge in [-0.1, -0.05) is 0 Å². The van der Waals surface area contributed by atoms with Crippen LogP contribution in [0.3, 0.4) is 0 Å². The van der Waals surface area contributed by atoms with Crippen molar-refractivity contribution in [1.29, 1.82) is 0 Å². The van der Waals surface area contributed by atoms with E-state index in [9.17, 15) is 9.59 Å². The van der Waals surface area contributed by atoms with Crippen LogP contribution in [0.25, 0.3) is 0 Å². The molecule has 1 aliphatic rings. The highest BCUT2D eigenvalue weighted by atomic mass is 32.1. The lowest BCUT2D eigenvalue weighted by molar-refractivity contribution is -0.124. The highest BCUT2D eigenvalue weighted by molar-refractivity contribution is 7.09. The first-order chi connectivity index (χ1) is 9.17. The zero-order valence-corrected chi connectivity index (χ0v) is 11.7. The molecule has 0 aliphatic carbocycles. The van der Waals surface area contributed by atoms with Gasteiger partial charge in [0.1, 0.15) is 11.7 Å². The van der Waals surface area contributed by atoms with Crippen LogP contribution in [0.15, 0.2) is 5.38 Å². The number of nitrogens with one attached hydrogen (secondary N) is 1. The number of nitrogens with zero attached hydrogens (tertiary/aromatic N) is 2. The second kappa shape index (κ2) is 6.12. The summed E-state index contributed by atoms with van der Waals surface area (Å²) in [5, 5.41) is 5.21. The quantitative estimate of drug-likeness (QED) is 0.813. The number of rotatable bonds is 4. The number of hydrogen-bond donors (Lipinski definition) is 2. The summed E-state index contributed by atoms with van der Waals surface area (Å²) in [7, 11) is 1.59. The maximum absolute atomic E-state index is 12.4. The fourth-order valence-corrected chi connectivity index (χ4v) is 3.03. The number of aromatic nitrogens is 1. The van der Waals surface area contributed by atoms with Crippen molar-refractivity contribution < 1.29 is 9.59 Å². The zero-order chi connectivity index (χ0) is 13.8. The lowest BCUT2D eigenvalue weighted by atomic mass is 10.2. The van der Waals surface area contributed by atoms with E-state index < -0.39 is 0 Å². The monoisotopic (exact) mass is 282 g/mol. The van der Waals surface area contributed by atoms with Crippen LogP contribution >= 0.6 is 11.3 Å². The predicted octanol–water partition coefficient (Wildman–Crippen LogP) is -0.00510. The molecular formula is C12H18N4O2S. The number of nitrogens with two attached hydrogens (primary N) is 1. The highest BCUT2D eigenvalue weighted by Gasteiger charge is 2.34. The first kappa shape index (κ1) is 14.0. The Morgan fingerprint density at radius 3 is 3.11 bits per heavy atom. The number of likely N-dealkylation sites (N-methyl/N-ethyl adjacent to an activating group) is 1. The Morgan fingerprint density at radius 1 is 1.63 bits per heavy atom. The molecule has 3 N–H and O–H groups in total. The molecule has 1 aromatic heterocycles. The van der Waals surface area contributed by atoms with Gasteiger partial charge in [-0.15, -0.1) is 11.3 Å². The van der Waals surface area contributed by atoms with Crippen LogP contribution < -0.4 is 11.1 Å². The molecular weight excluding hydrogens is 264 g/mol. The largest absolute Gasteiger partial charge is 0.357 e. The van der Waals surface area contributed by atoms with Crippen LogP contribution in [0.5, 0.6) is 0 Å². The van der Waals surface area contributed by atoms with Crippen LogP contribution in [0.2, 0.25) is 0 Å². The summed E-state index contributed by atoms with van der Waals surface area (Å²) < 4.78 is 0. The first-order valence-electron chi connectivity index (χ1n) is 6.34. The molecule has 6 nitrogen and oxygen atoms in total. The van der Waals surface area contributed by atoms with Crippen molar-refractivity contribution in [2.24, 2.45) is 5.73 Å². The maximum atomic E-state index is 12.4. The summed E-state index contributed by atoms with van der Waals surface area (Å²) in [5.41, 5.74) is 5.89. The molecule has 1 fully saturated rings. The van der Waals surface area contributed by atoms with Crippen molar-refractivity contribution in [3.63, 3.8) is 0 Å². The van der Waals surface area contributed by atoms with E-state index in [0.717, 1.165) is 11.4 Å². The van der Waals surface area contributed by atoms with Crippen LogP contribution in [0, 0.1) is 0 Å². The van der Waals surface area contributed by atoms with Gasteiger partial charge >= 0.3 is 0 Å². The normalized spacial score (nSPS) is 18.6. The third-order valence-electron chi connectivity index (χ3n) is 3.19. The SMILES string of the molecule is CNC(=O)C1CCCN1C(=O)c1csc(CCN)n1. The molecule has 1 atom stereocenters. The Bertz CT molecular complexity index is 474. The van der Waals surface area contributed by atoms with E-state index in [2.05, 4.69) is 10.3 Å². The van der Waals surface area contributed by atoms with Gasteiger partial charge in [-0.05, 0) is 19.4 Å². The zero-order valence-electron chi connectivity index (χ0n) is 10.9. The van der Waals surface area contributed by atoms with Gasteiger partial charge in [0.25, 0.3) is 5.91 Å². The number of hydrogen-bond acceptors (Lipinski definition) is 5. The Hall–Kier alpha value is -1.47. The van der Waals surface area contributed by atoms with E-state index in [1.165, 1.54) is 11.3 Å². The van der Waals surface area contributed by atoms with Gasteiger partial charge in [0, 0.05) is 25.4 Å². The fraction of sp³-hybridized carbons (Fsp3) is 0.583. The fourth-order valence-electron chi connectivity index (χ4n) is 2.24. The third kappa shape index (κ3) is 2.93. The summed E-state index contributed by atoms with van der Waals surface area (Å²) in [6.07, 6.45) is 2.24. The van der Waals surface area contributed by atoms with Crippen molar-refractivity contribution in [2.45, 2.75) is 25.3 Å². The van der Waals surface area contributed by atoms with E-state index >= 15 is 0 Å². The number of amides is 2. The number of carbonyl (C=O) groups excluding carboxylic acids is 2. The van der Waals surface area contributed by atoms with Crippen molar-refractivity contribution >= 4 is 23.2 Å². The second-order valence-corrected chi connectivity index (χ2v) is 5.38. The van der Waals surface area contributed by atoms with E-state index in [1.54, 1.807) is 17.3 Å². The summed E-state index contributed by atoms with van der Waals surface area (Å²) in [6.45, 7) is 1.13. The lowest BCUT2D eigenvalue weighted by Crippen LogP contribution is -2.45. The average Bonchev–Trinajstić information content (AvgIpc) is 3.06. The van der Waals surface area contributed by atoms with Crippen LogP contribution in [-0.4, -0.2) is 47.9 Å². The van der Waals surface area contributed by atoms with Crippen molar-refractivity contribution in [3.05, 3.63) is 16.1 Å². The second-order valence-electron chi connectivity index (χ2n) is 4.44. The van der Waals surface area contributed by atoms with Crippen molar-refractivity contribution in [3.8, 4) is 0 Å². The molecule has 1 aromatic rings. The standard InChI is InChI=1S/C12H18N4O2S/c1-14-11(17)9-3-2-6-16(9)12(18)8-7-19-10(15-8)4-5-13/h7,9H,2-6,13H2,1H3,(H,14,17). The first-order valence-corrected chi connectivity index (χ1v) is 7.22. The highest BCUT2D eigenvalue weighted by Crippen LogP contribution is 2.21. The topological polar surface area (TPSA) is 88.3 Å². The van der Waals surface area contributed by atoms with Crippen LogP contribution in [0.4, 0.5) is 0 Å². The Morgan fingerprint density at radius 2 is 2.42 bits per heavy atom. The van der Waals surface area contributed by atoms with Gasteiger partial charge in [0.2, 0.25) is 5.91 Å². The van der Waals surface area contributed by atoms with E-state index in [-0.39, 0.29) is 17.9 Å². The lowest BCUT2D eigenvalue weighted by Gasteiger charge is -2.22. The van der Waals surface area contributed by atoms with E-state index in [0.29, 0.717) is 31.6 Å². The number of carbonyl (C=O) groups is 2.